The van der Waals surface area contributed by atoms with Gasteiger partial charge < -0.3 is 15.1 Å². The first-order valence-electron chi connectivity index (χ1n) is 13.7. The molecule has 0 spiro atoms. The molecule has 2 amide bonds. The van der Waals surface area contributed by atoms with Gasteiger partial charge in [0.15, 0.2) is 0 Å². The molecule has 0 radical (unpaired) electrons. The molecular weight excluding hydrogens is 498 g/mol. The summed E-state index contributed by atoms with van der Waals surface area (Å²) in [4.78, 5) is 39.3. The summed E-state index contributed by atoms with van der Waals surface area (Å²) in [7, 11) is 0. The van der Waals surface area contributed by atoms with Gasteiger partial charge in [-0.3, -0.25) is 14.6 Å². The Balaban J connectivity index is 1.55. The highest BCUT2D eigenvalue weighted by atomic mass is 35.5. The average Bonchev–Trinajstić information content (AvgIpc) is 2.82. The highest BCUT2D eigenvalue weighted by molar-refractivity contribution is 6.29. The maximum atomic E-state index is 13.4. The van der Waals surface area contributed by atoms with E-state index in [-0.39, 0.29) is 23.3 Å². The Labute approximate surface area is 233 Å². The van der Waals surface area contributed by atoms with Gasteiger partial charge in [0, 0.05) is 57.1 Å². The second-order valence-electron chi connectivity index (χ2n) is 11.9. The van der Waals surface area contributed by atoms with Crippen LogP contribution in [0.4, 0.5) is 0 Å². The van der Waals surface area contributed by atoms with Gasteiger partial charge in [-0.05, 0) is 81.2 Å². The van der Waals surface area contributed by atoms with Crippen molar-refractivity contribution in [2.75, 3.05) is 19.6 Å². The largest absolute Gasteiger partial charge is 0.352 e. The van der Waals surface area contributed by atoms with E-state index in [0.717, 1.165) is 43.5 Å². The summed E-state index contributed by atoms with van der Waals surface area (Å²) in [6.07, 6.45) is 6.97. The summed E-state index contributed by atoms with van der Waals surface area (Å²) >= 11 is 6.01. The third kappa shape index (κ3) is 8.24. The fourth-order valence-corrected chi connectivity index (χ4v) is 5.54. The van der Waals surface area contributed by atoms with Crippen LogP contribution >= 0.6 is 11.6 Å². The van der Waals surface area contributed by atoms with E-state index in [1.807, 2.05) is 26.1 Å². The van der Waals surface area contributed by atoms with Crippen molar-refractivity contribution in [1.82, 2.24) is 25.1 Å². The number of amides is 2. The normalized spacial score (nSPS) is 15.8. The van der Waals surface area contributed by atoms with Crippen LogP contribution in [-0.4, -0.2) is 63.3 Å². The molecule has 2 aromatic heterocycles. The molecule has 1 unspecified atom stereocenters. The van der Waals surface area contributed by atoms with Gasteiger partial charge in [0.1, 0.15) is 5.15 Å². The molecule has 0 aliphatic carbocycles. The topological polar surface area (TPSA) is 78.4 Å². The molecule has 1 N–H and O–H groups in total. The van der Waals surface area contributed by atoms with Crippen LogP contribution in [-0.2, 0) is 11.3 Å². The maximum absolute atomic E-state index is 13.4. The zero-order chi connectivity index (χ0) is 28.0. The van der Waals surface area contributed by atoms with Gasteiger partial charge in [-0.2, -0.15) is 0 Å². The fraction of sp³-hybridized carbons (Fsp3) is 0.600. The molecule has 208 valence electrons. The van der Waals surface area contributed by atoms with Crippen molar-refractivity contribution in [3.63, 3.8) is 0 Å². The van der Waals surface area contributed by atoms with Gasteiger partial charge in [-0.25, -0.2) is 4.98 Å². The summed E-state index contributed by atoms with van der Waals surface area (Å²) in [6.45, 7) is 17.4. The number of carbonyl (C=O) groups excluding carboxylic acids is 2. The number of carbonyl (C=O) groups is 2. The van der Waals surface area contributed by atoms with Gasteiger partial charge in [-0.1, -0.05) is 32.4 Å². The molecule has 2 aromatic rings. The number of piperidine rings is 1. The molecule has 1 saturated heterocycles. The van der Waals surface area contributed by atoms with Gasteiger partial charge in [0.2, 0.25) is 5.91 Å². The Morgan fingerprint density at radius 3 is 2.47 bits per heavy atom. The highest BCUT2D eigenvalue weighted by Crippen LogP contribution is 2.26. The van der Waals surface area contributed by atoms with E-state index in [9.17, 15) is 9.59 Å². The molecule has 8 heteroatoms. The Morgan fingerprint density at radius 2 is 1.87 bits per heavy atom. The number of hydrogen-bond donors (Lipinski definition) is 1. The number of nitrogens with zero attached hydrogens (tertiary/aromatic N) is 4. The molecule has 0 saturated carbocycles. The van der Waals surface area contributed by atoms with Crippen molar-refractivity contribution in [3.05, 3.63) is 57.6 Å². The molecular formula is C30H44ClN5O2. The van der Waals surface area contributed by atoms with E-state index in [2.05, 4.69) is 59.7 Å². The Morgan fingerprint density at radius 1 is 1.18 bits per heavy atom. The van der Waals surface area contributed by atoms with Crippen LogP contribution in [0.3, 0.4) is 0 Å². The van der Waals surface area contributed by atoms with Crippen molar-refractivity contribution in [1.29, 1.82) is 0 Å². The molecule has 1 atom stereocenters. The lowest BCUT2D eigenvalue weighted by Gasteiger charge is -2.41. The monoisotopic (exact) mass is 541 g/mol. The SMILES string of the molecule is Cc1ccncc1CN(C(=O)CC(C)(C)C)C1CCN(C(C)CCNC(=O)c2c(C)cc(Cl)nc2C)CC1. The fourth-order valence-electron chi connectivity index (χ4n) is 5.25. The van der Waals surface area contributed by atoms with E-state index in [0.29, 0.717) is 42.0 Å². The van der Waals surface area contributed by atoms with Crippen molar-refractivity contribution in [2.24, 2.45) is 5.41 Å². The quantitative estimate of drug-likeness (QED) is 0.424. The molecule has 1 aliphatic rings. The lowest BCUT2D eigenvalue weighted by Crippen LogP contribution is -2.50. The molecule has 0 aromatic carbocycles. The van der Waals surface area contributed by atoms with Gasteiger partial charge in [0.05, 0.1) is 11.3 Å². The molecule has 3 heterocycles. The maximum Gasteiger partial charge on any atom is 0.253 e. The van der Waals surface area contributed by atoms with Gasteiger partial charge in [0.25, 0.3) is 5.91 Å². The molecule has 1 fully saturated rings. The smallest absolute Gasteiger partial charge is 0.253 e. The second-order valence-corrected chi connectivity index (χ2v) is 12.3. The van der Waals surface area contributed by atoms with Crippen LogP contribution in [0.15, 0.2) is 24.5 Å². The van der Waals surface area contributed by atoms with E-state index >= 15 is 0 Å². The Kier molecular flexibility index (Phi) is 10.3. The van der Waals surface area contributed by atoms with Crippen LogP contribution < -0.4 is 5.32 Å². The Bertz CT molecular complexity index is 1100. The number of halogens is 1. The third-order valence-corrected chi connectivity index (χ3v) is 7.69. The summed E-state index contributed by atoms with van der Waals surface area (Å²) in [6, 6.07) is 4.29. The summed E-state index contributed by atoms with van der Waals surface area (Å²) in [5.41, 5.74) is 4.31. The molecule has 1 aliphatic heterocycles. The minimum atomic E-state index is -0.103. The molecule has 7 nitrogen and oxygen atoms in total. The number of rotatable bonds is 9. The first-order chi connectivity index (χ1) is 17.9. The standard InChI is InChI=1S/C30H44ClN5O2/c1-20-8-12-32-18-24(20)19-36(27(37)17-30(5,6)7)25-10-14-35(15-11-25)22(3)9-13-33-29(38)28-21(2)16-26(31)34-23(28)4/h8,12,16,18,22,25H,9-11,13-15,17,19H2,1-7H3,(H,33,38). The van der Waals surface area contributed by atoms with Crippen molar-refractivity contribution in [2.45, 2.75) is 92.8 Å². The number of pyridine rings is 2. The number of likely N-dealkylation sites (tertiary alicyclic amines) is 1. The van der Waals surface area contributed by atoms with Crippen LogP contribution in [0.1, 0.15) is 86.1 Å². The summed E-state index contributed by atoms with van der Waals surface area (Å²) in [5.74, 6) is 0.117. The zero-order valence-electron chi connectivity index (χ0n) is 24.1. The van der Waals surface area contributed by atoms with E-state index in [1.54, 1.807) is 12.3 Å². The predicted octanol–water partition coefficient (Wildman–Crippen LogP) is 5.49. The molecule has 38 heavy (non-hydrogen) atoms. The van der Waals surface area contributed by atoms with Crippen molar-refractivity contribution < 1.29 is 9.59 Å². The third-order valence-electron chi connectivity index (χ3n) is 7.49. The van der Waals surface area contributed by atoms with E-state index in [1.165, 1.54) is 5.56 Å². The van der Waals surface area contributed by atoms with E-state index in [4.69, 9.17) is 11.6 Å². The first-order valence-corrected chi connectivity index (χ1v) is 14.1. The highest BCUT2D eigenvalue weighted by Gasteiger charge is 2.31. The van der Waals surface area contributed by atoms with Crippen molar-refractivity contribution in [3.8, 4) is 0 Å². The predicted molar refractivity (Wildman–Crippen MR) is 153 cm³/mol. The van der Waals surface area contributed by atoms with Gasteiger partial charge in [-0.15, -0.1) is 0 Å². The first kappa shape index (κ1) is 30.0. The number of nitrogens with one attached hydrogen (secondary N) is 1. The second kappa shape index (κ2) is 13.0. The van der Waals surface area contributed by atoms with Crippen LogP contribution in [0.25, 0.3) is 0 Å². The van der Waals surface area contributed by atoms with Crippen LogP contribution in [0.5, 0.6) is 0 Å². The average molecular weight is 542 g/mol. The van der Waals surface area contributed by atoms with Crippen LogP contribution in [0.2, 0.25) is 5.15 Å². The lowest BCUT2D eigenvalue weighted by molar-refractivity contribution is -0.137. The van der Waals surface area contributed by atoms with E-state index < -0.39 is 0 Å². The Hall–Kier alpha value is -2.51. The molecule has 0 bridgehead atoms. The number of aromatic nitrogens is 2. The summed E-state index contributed by atoms with van der Waals surface area (Å²) in [5, 5.41) is 3.46. The van der Waals surface area contributed by atoms with Gasteiger partial charge >= 0.3 is 0 Å². The zero-order valence-corrected chi connectivity index (χ0v) is 24.9. The lowest BCUT2D eigenvalue weighted by atomic mass is 9.90. The number of hydrogen-bond acceptors (Lipinski definition) is 5. The number of aryl methyl sites for hydroxylation is 3. The minimum Gasteiger partial charge on any atom is -0.352 e. The minimum absolute atomic E-state index is 0.0574. The molecule has 3 rings (SSSR count). The van der Waals surface area contributed by atoms with Crippen LogP contribution in [0, 0.1) is 26.2 Å². The van der Waals surface area contributed by atoms with Crippen molar-refractivity contribution >= 4 is 23.4 Å². The summed E-state index contributed by atoms with van der Waals surface area (Å²) < 4.78 is 0.